The van der Waals surface area contributed by atoms with Gasteiger partial charge in [-0.15, -0.1) is 0 Å². The molecule has 21 heavy (non-hydrogen) atoms. The van der Waals surface area contributed by atoms with Gasteiger partial charge in [0.25, 0.3) is 5.91 Å². The summed E-state index contributed by atoms with van der Waals surface area (Å²) < 4.78 is 2.34. The molecule has 9 heteroatoms. The lowest BCUT2D eigenvalue weighted by Crippen LogP contribution is -2.15. The van der Waals surface area contributed by atoms with Crippen molar-refractivity contribution in [2.75, 3.05) is 10.7 Å². The highest BCUT2D eigenvalue weighted by Gasteiger charge is 2.14. The molecule has 4 N–H and O–H groups in total. The first-order valence-corrected chi connectivity index (χ1v) is 8.26. The smallest absolute Gasteiger partial charge is 0.255 e. The minimum absolute atomic E-state index is 0.171. The van der Waals surface area contributed by atoms with E-state index >= 15 is 0 Å². The third-order valence-electron chi connectivity index (χ3n) is 2.45. The van der Waals surface area contributed by atoms with E-state index in [0.29, 0.717) is 17.1 Å². The van der Waals surface area contributed by atoms with Crippen molar-refractivity contribution in [2.45, 2.75) is 0 Å². The Bertz CT molecular complexity index is 688. The van der Waals surface area contributed by atoms with Crippen LogP contribution >= 0.6 is 59.4 Å². The highest BCUT2D eigenvalue weighted by molar-refractivity contribution is 9.11. The maximum atomic E-state index is 12.3. The second kappa shape index (κ2) is 7.06. The summed E-state index contributed by atoms with van der Waals surface area (Å²) in [5.41, 5.74) is 3.30. The molecule has 5 nitrogen and oxygen atoms in total. The molecule has 110 valence electrons. The van der Waals surface area contributed by atoms with Gasteiger partial charge in [0.05, 0.1) is 5.69 Å². The third-order valence-corrected chi connectivity index (χ3v) is 4.35. The number of aromatic nitrogens is 1. The van der Waals surface area contributed by atoms with Crippen molar-refractivity contribution in [1.82, 2.24) is 4.98 Å². The van der Waals surface area contributed by atoms with Crippen LogP contribution in [0.25, 0.3) is 0 Å². The molecule has 0 bridgehead atoms. The SMILES string of the molecule is NNc1cc(C(=O)Nc2c(Br)cc(Br)cc2Br)cc(Cl)n1. The van der Waals surface area contributed by atoms with E-state index in [9.17, 15) is 4.79 Å². The zero-order valence-electron chi connectivity index (χ0n) is 10.3. The molecule has 0 saturated carbocycles. The first-order valence-electron chi connectivity index (χ1n) is 5.51. The average molecular weight is 499 g/mol. The quantitative estimate of drug-likeness (QED) is 0.329. The molecule has 0 aliphatic carbocycles. The lowest BCUT2D eigenvalue weighted by Gasteiger charge is -2.11. The van der Waals surface area contributed by atoms with Crippen LogP contribution in [0.2, 0.25) is 5.15 Å². The fourth-order valence-corrected chi connectivity index (χ4v) is 4.21. The van der Waals surface area contributed by atoms with Gasteiger partial charge in [-0.05, 0) is 56.1 Å². The molecule has 0 fully saturated rings. The Morgan fingerprint density at radius 2 is 1.76 bits per heavy atom. The number of nitrogens with one attached hydrogen (secondary N) is 2. The molecule has 1 aromatic heterocycles. The standard InChI is InChI=1S/C12H8Br3ClN4O/c13-6-3-7(14)11(8(15)4-6)19-12(21)5-1-9(16)18-10(2-5)20-17/h1-4H,17H2,(H,18,20)(H,19,21). The summed E-state index contributed by atoms with van der Waals surface area (Å²) in [7, 11) is 0. The lowest BCUT2D eigenvalue weighted by atomic mass is 10.2. The van der Waals surface area contributed by atoms with Crippen molar-refractivity contribution in [1.29, 1.82) is 0 Å². The van der Waals surface area contributed by atoms with E-state index in [1.54, 1.807) is 0 Å². The normalized spacial score (nSPS) is 10.3. The molecule has 0 radical (unpaired) electrons. The van der Waals surface area contributed by atoms with E-state index in [4.69, 9.17) is 17.4 Å². The van der Waals surface area contributed by atoms with E-state index < -0.39 is 0 Å². The number of pyridine rings is 1. The first kappa shape index (κ1) is 16.7. The first-order chi connectivity index (χ1) is 9.90. The lowest BCUT2D eigenvalue weighted by molar-refractivity contribution is 0.102. The topological polar surface area (TPSA) is 80.0 Å². The van der Waals surface area contributed by atoms with Gasteiger partial charge in [-0.2, -0.15) is 0 Å². The minimum atomic E-state index is -0.334. The highest BCUT2D eigenvalue weighted by atomic mass is 79.9. The van der Waals surface area contributed by atoms with Gasteiger partial charge in [0, 0.05) is 19.0 Å². The monoisotopic (exact) mass is 496 g/mol. The Labute approximate surface area is 151 Å². The number of halogens is 4. The summed E-state index contributed by atoms with van der Waals surface area (Å²) in [6.45, 7) is 0. The van der Waals surface area contributed by atoms with Gasteiger partial charge in [-0.3, -0.25) is 4.79 Å². The van der Waals surface area contributed by atoms with E-state index in [1.165, 1.54) is 12.1 Å². The third kappa shape index (κ3) is 4.17. The van der Waals surface area contributed by atoms with Crippen molar-refractivity contribution in [3.05, 3.63) is 48.4 Å². The Morgan fingerprint density at radius 3 is 2.33 bits per heavy atom. The average Bonchev–Trinajstić information content (AvgIpc) is 2.41. The number of hydrogen-bond donors (Lipinski definition) is 3. The Balaban J connectivity index is 2.32. The number of rotatable bonds is 3. The molecule has 0 atom stereocenters. The molecular weight excluding hydrogens is 491 g/mol. The summed E-state index contributed by atoms with van der Waals surface area (Å²) in [5.74, 6) is 5.26. The van der Waals surface area contributed by atoms with E-state index in [1.807, 2.05) is 12.1 Å². The molecule has 1 aromatic carbocycles. The molecular formula is C12H8Br3ClN4O. The number of hydrazine groups is 1. The van der Waals surface area contributed by atoms with Gasteiger partial charge in [-0.25, -0.2) is 10.8 Å². The van der Waals surface area contributed by atoms with Crippen LogP contribution in [0.5, 0.6) is 0 Å². The summed E-state index contributed by atoms with van der Waals surface area (Å²) in [6, 6.07) is 6.61. The van der Waals surface area contributed by atoms with E-state index in [0.717, 1.165) is 13.4 Å². The minimum Gasteiger partial charge on any atom is -0.320 e. The van der Waals surface area contributed by atoms with E-state index in [-0.39, 0.29) is 11.1 Å². The Hall–Kier alpha value is -0.670. The zero-order chi connectivity index (χ0) is 15.6. The Kier molecular flexibility index (Phi) is 5.61. The van der Waals surface area contributed by atoms with E-state index in [2.05, 4.69) is 63.5 Å². The summed E-state index contributed by atoms with van der Waals surface area (Å²) in [6.07, 6.45) is 0. The van der Waals surface area contributed by atoms with Gasteiger partial charge < -0.3 is 10.7 Å². The summed E-state index contributed by atoms with van der Waals surface area (Å²) >= 11 is 16.0. The largest absolute Gasteiger partial charge is 0.320 e. The molecule has 0 saturated heterocycles. The van der Waals surface area contributed by atoms with Gasteiger partial charge in [0.15, 0.2) is 0 Å². The molecule has 0 aliphatic heterocycles. The number of hydrogen-bond acceptors (Lipinski definition) is 4. The van der Waals surface area contributed by atoms with Crippen LogP contribution in [0, 0.1) is 0 Å². The number of nitrogens with two attached hydrogens (primary N) is 1. The van der Waals surface area contributed by atoms with Gasteiger partial charge in [0.2, 0.25) is 0 Å². The van der Waals surface area contributed by atoms with Crippen molar-refractivity contribution in [2.24, 2.45) is 5.84 Å². The number of carbonyl (C=O) groups is 1. The van der Waals surface area contributed by atoms with Gasteiger partial charge in [0.1, 0.15) is 11.0 Å². The van der Waals surface area contributed by atoms with Crippen LogP contribution in [0.1, 0.15) is 10.4 Å². The summed E-state index contributed by atoms with van der Waals surface area (Å²) in [4.78, 5) is 16.2. The number of anilines is 2. The second-order valence-electron chi connectivity index (χ2n) is 3.91. The maximum absolute atomic E-state index is 12.3. The molecule has 1 amide bonds. The molecule has 0 aliphatic rings. The molecule has 2 aromatic rings. The number of amides is 1. The number of nitrogen functional groups attached to an aromatic ring is 1. The van der Waals surface area contributed by atoms with Crippen LogP contribution < -0.4 is 16.6 Å². The second-order valence-corrected chi connectivity index (χ2v) is 6.92. The van der Waals surface area contributed by atoms with Crippen LogP contribution in [-0.2, 0) is 0 Å². The predicted molar refractivity (Wildman–Crippen MR) is 94.6 cm³/mol. The van der Waals surface area contributed by atoms with Crippen LogP contribution in [0.15, 0.2) is 37.7 Å². The van der Waals surface area contributed by atoms with Crippen LogP contribution in [0.4, 0.5) is 11.5 Å². The maximum Gasteiger partial charge on any atom is 0.255 e. The van der Waals surface area contributed by atoms with Crippen LogP contribution in [-0.4, -0.2) is 10.9 Å². The number of carbonyl (C=O) groups excluding carboxylic acids is 1. The Morgan fingerprint density at radius 1 is 1.14 bits per heavy atom. The molecule has 0 unspecified atom stereocenters. The fraction of sp³-hybridized carbons (Fsp3) is 0. The van der Waals surface area contributed by atoms with Gasteiger partial charge >= 0.3 is 0 Å². The molecule has 0 spiro atoms. The van der Waals surface area contributed by atoms with Gasteiger partial charge in [-0.1, -0.05) is 27.5 Å². The summed E-state index contributed by atoms with van der Waals surface area (Å²) in [5, 5.41) is 2.96. The van der Waals surface area contributed by atoms with Crippen molar-refractivity contribution in [3.63, 3.8) is 0 Å². The highest BCUT2D eigenvalue weighted by Crippen LogP contribution is 2.34. The predicted octanol–water partition coefficient (Wildman–Crippen LogP) is 4.56. The van der Waals surface area contributed by atoms with Crippen molar-refractivity contribution >= 4 is 76.8 Å². The van der Waals surface area contributed by atoms with Crippen LogP contribution in [0.3, 0.4) is 0 Å². The molecule has 1 heterocycles. The number of nitrogens with zero attached hydrogens (tertiary/aromatic N) is 1. The molecule has 2 rings (SSSR count). The zero-order valence-corrected chi connectivity index (χ0v) is 15.8. The number of benzene rings is 1. The van der Waals surface area contributed by atoms with Crippen molar-refractivity contribution in [3.8, 4) is 0 Å². The fourth-order valence-electron chi connectivity index (χ4n) is 1.55. The van der Waals surface area contributed by atoms with Crippen molar-refractivity contribution < 1.29 is 4.79 Å².